The Labute approximate surface area is 314 Å². The molecule has 1 saturated heterocycles. The Balaban J connectivity index is 1.69. The summed E-state index contributed by atoms with van der Waals surface area (Å²) in [5, 5.41) is 6.48. The van der Waals surface area contributed by atoms with Gasteiger partial charge < -0.3 is 25.0 Å². The zero-order valence-electron chi connectivity index (χ0n) is 30.6. The van der Waals surface area contributed by atoms with Crippen LogP contribution in [0.4, 0.5) is 4.79 Å². The Morgan fingerprint density at radius 2 is 1.81 bits per heavy atom. The Morgan fingerprint density at radius 3 is 2.40 bits per heavy atom. The lowest BCUT2D eigenvalue weighted by Gasteiger charge is -2.35. The third-order valence-electron chi connectivity index (χ3n) is 8.16. The maximum Gasteiger partial charge on any atom is 0.408 e. The maximum absolute atomic E-state index is 14.4. The molecule has 2 aromatic rings. The minimum Gasteiger partial charge on any atom is -0.487 e. The highest BCUT2D eigenvalue weighted by molar-refractivity contribution is 7.99. The number of pyridine rings is 1. The fourth-order valence-electron chi connectivity index (χ4n) is 5.57. The molecule has 1 saturated carbocycles. The number of hydrogen-bond acceptors (Lipinski definition) is 10. The number of allylic oxidation sites excluding steroid dienone is 2. The Hall–Kier alpha value is -3.82. The van der Waals surface area contributed by atoms with Crippen molar-refractivity contribution in [2.75, 3.05) is 12.3 Å². The molecule has 2 aliphatic rings. The van der Waals surface area contributed by atoms with Gasteiger partial charge in [-0.1, -0.05) is 52.0 Å². The first-order chi connectivity index (χ1) is 24.3. The molecule has 0 unspecified atom stereocenters. The van der Waals surface area contributed by atoms with Gasteiger partial charge in [-0.05, 0) is 75.5 Å². The number of halogens is 1. The molecule has 1 aromatic heterocycles. The number of alkyl carbamates (subject to hydrolysis) is 1. The van der Waals surface area contributed by atoms with Crippen LogP contribution in [0.3, 0.4) is 0 Å². The van der Waals surface area contributed by atoms with Crippen molar-refractivity contribution >= 4 is 68.0 Å². The Morgan fingerprint density at radius 1 is 1.12 bits per heavy atom. The molecule has 0 spiro atoms. The highest BCUT2D eigenvalue weighted by Gasteiger charge is 2.47. The number of thioether (sulfide) groups is 1. The molecule has 0 radical (unpaired) electrons. The van der Waals surface area contributed by atoms with Crippen molar-refractivity contribution in [1.29, 1.82) is 0 Å². The van der Waals surface area contributed by atoms with Crippen LogP contribution in [0.5, 0.6) is 5.75 Å². The topological polar surface area (TPSA) is 173 Å². The fraction of sp³-hybridized carbons (Fsp3) is 0.528. The van der Waals surface area contributed by atoms with Gasteiger partial charge in [-0.2, -0.15) is 0 Å². The van der Waals surface area contributed by atoms with Gasteiger partial charge in [-0.15, -0.1) is 11.8 Å². The van der Waals surface area contributed by atoms with Crippen molar-refractivity contribution in [3.8, 4) is 5.75 Å². The number of benzene rings is 1. The average molecular weight is 778 g/mol. The SMILES string of the molecule is C=C/C=C(/NC(=O)[C@@H]1C[C@@H](Oc2ccc3c(Cl)nccc3c2SCCC)CN1C(=O)[C@@H](NC(=O)OC(C)(C)C)C(C)(C)C)C(=O)NS(=O)(=O)C1CC1. The molecule has 3 atom stereocenters. The number of carbonyl (C=O) groups excluding carboxylic acids is 4. The quantitative estimate of drug-likeness (QED) is 0.102. The molecular formula is C36H48ClN5O8S2. The van der Waals surface area contributed by atoms with E-state index in [1.54, 1.807) is 71.6 Å². The van der Waals surface area contributed by atoms with E-state index < -0.39 is 68.3 Å². The maximum atomic E-state index is 14.4. The van der Waals surface area contributed by atoms with Crippen LogP contribution in [0.25, 0.3) is 10.8 Å². The van der Waals surface area contributed by atoms with Gasteiger partial charge in [-0.25, -0.2) is 22.9 Å². The molecule has 16 heteroatoms. The van der Waals surface area contributed by atoms with Gasteiger partial charge >= 0.3 is 6.09 Å². The first kappa shape index (κ1) is 40.9. The molecular weight excluding hydrogens is 730 g/mol. The first-order valence-electron chi connectivity index (χ1n) is 17.1. The standard InChI is InChI=1S/C36H48ClN5O8S2/c1-9-11-25(31(43)41-52(47,48)22-12-13-22)39-32(44)26-19-21(20-42(26)33(45)29(35(3,4)5)40-34(46)50-36(6,7)8)49-27-15-14-24-23(16-17-38-30(24)37)28(27)51-18-10-2/h9,11,14-17,21-22,26,29H,1,10,12-13,18-20H2,2-8H3,(H,39,44)(H,40,46)(H,41,43)/b25-11+/t21-,26+,29-/m1/s1. The van der Waals surface area contributed by atoms with E-state index in [4.69, 9.17) is 21.1 Å². The monoisotopic (exact) mass is 777 g/mol. The summed E-state index contributed by atoms with van der Waals surface area (Å²) >= 11 is 8.00. The number of aromatic nitrogens is 1. The summed E-state index contributed by atoms with van der Waals surface area (Å²) in [5.74, 6) is -1.05. The van der Waals surface area contributed by atoms with E-state index in [0.29, 0.717) is 23.7 Å². The summed E-state index contributed by atoms with van der Waals surface area (Å²) in [4.78, 5) is 60.9. The summed E-state index contributed by atoms with van der Waals surface area (Å²) in [6, 6.07) is 3.13. The minimum atomic E-state index is -3.93. The van der Waals surface area contributed by atoms with Crippen molar-refractivity contribution in [3.63, 3.8) is 0 Å². The van der Waals surface area contributed by atoms with Gasteiger partial charge in [0.15, 0.2) is 0 Å². The van der Waals surface area contributed by atoms with Crippen molar-refractivity contribution < 1.29 is 37.1 Å². The van der Waals surface area contributed by atoms with E-state index in [2.05, 4.69) is 29.1 Å². The lowest BCUT2D eigenvalue weighted by Crippen LogP contribution is -2.58. The smallest absolute Gasteiger partial charge is 0.408 e. The first-order valence-corrected chi connectivity index (χ1v) is 20.0. The number of carbonyl (C=O) groups is 4. The van der Waals surface area contributed by atoms with Gasteiger partial charge in [0.1, 0.15) is 40.4 Å². The van der Waals surface area contributed by atoms with Crippen LogP contribution >= 0.6 is 23.4 Å². The lowest BCUT2D eigenvalue weighted by atomic mass is 9.85. The van der Waals surface area contributed by atoms with Gasteiger partial charge in [0, 0.05) is 23.4 Å². The number of hydrogen-bond donors (Lipinski definition) is 3. The molecule has 1 aliphatic heterocycles. The molecule has 1 aromatic carbocycles. The predicted octanol–water partition coefficient (Wildman–Crippen LogP) is 5.47. The minimum absolute atomic E-state index is 0.0112. The van der Waals surface area contributed by atoms with Crippen molar-refractivity contribution in [3.05, 3.63) is 54.0 Å². The van der Waals surface area contributed by atoms with Crippen LogP contribution in [-0.2, 0) is 29.1 Å². The van der Waals surface area contributed by atoms with E-state index in [0.717, 1.165) is 27.8 Å². The van der Waals surface area contributed by atoms with Gasteiger partial charge in [0.05, 0.1) is 16.7 Å². The average Bonchev–Trinajstić information content (AvgIpc) is 3.82. The summed E-state index contributed by atoms with van der Waals surface area (Å²) in [5.41, 5.74) is -2.02. The van der Waals surface area contributed by atoms with E-state index >= 15 is 0 Å². The van der Waals surface area contributed by atoms with Crippen molar-refractivity contribution in [1.82, 2.24) is 25.2 Å². The third-order valence-corrected chi connectivity index (χ3v) is 11.6. The molecule has 52 heavy (non-hydrogen) atoms. The molecule has 1 aliphatic carbocycles. The van der Waals surface area contributed by atoms with Crippen LogP contribution in [0.15, 0.2) is 53.7 Å². The van der Waals surface area contributed by atoms with Gasteiger partial charge in [0.25, 0.3) is 5.91 Å². The number of likely N-dealkylation sites (tertiary alicyclic amines) is 1. The molecule has 2 heterocycles. The number of nitrogens with zero attached hydrogens (tertiary/aromatic N) is 2. The largest absolute Gasteiger partial charge is 0.487 e. The summed E-state index contributed by atoms with van der Waals surface area (Å²) in [6.07, 6.45) is 4.29. The molecule has 13 nitrogen and oxygen atoms in total. The molecule has 284 valence electrons. The van der Waals surface area contributed by atoms with E-state index in [-0.39, 0.29) is 18.7 Å². The van der Waals surface area contributed by atoms with Crippen LogP contribution in [-0.4, -0.2) is 83.5 Å². The molecule has 3 N–H and O–H groups in total. The second kappa shape index (κ2) is 16.5. The van der Waals surface area contributed by atoms with E-state index in [1.165, 1.54) is 17.1 Å². The highest BCUT2D eigenvalue weighted by Crippen LogP contribution is 2.40. The molecule has 4 rings (SSSR count). The number of nitrogens with one attached hydrogen (secondary N) is 3. The number of rotatable bonds is 13. The summed E-state index contributed by atoms with van der Waals surface area (Å²) in [7, 11) is -3.93. The summed E-state index contributed by atoms with van der Waals surface area (Å²) < 4.78 is 39.1. The third kappa shape index (κ3) is 10.4. The number of amides is 4. The van der Waals surface area contributed by atoms with E-state index in [1.807, 2.05) is 10.8 Å². The number of fused-ring (bicyclic) bond motifs is 1. The van der Waals surface area contributed by atoms with Crippen LogP contribution in [0.2, 0.25) is 5.15 Å². The zero-order valence-corrected chi connectivity index (χ0v) is 33.0. The second-order valence-corrected chi connectivity index (χ2v) is 18.3. The Bertz CT molecular complexity index is 1850. The summed E-state index contributed by atoms with van der Waals surface area (Å²) in [6.45, 7) is 16.0. The van der Waals surface area contributed by atoms with Crippen LogP contribution in [0, 0.1) is 5.41 Å². The zero-order chi connectivity index (χ0) is 38.6. The van der Waals surface area contributed by atoms with Crippen LogP contribution in [0.1, 0.15) is 74.1 Å². The van der Waals surface area contributed by atoms with Crippen molar-refractivity contribution in [2.24, 2.45) is 5.41 Å². The van der Waals surface area contributed by atoms with Crippen molar-refractivity contribution in [2.45, 2.75) is 108 Å². The molecule has 4 amide bonds. The van der Waals surface area contributed by atoms with E-state index in [9.17, 15) is 27.6 Å². The lowest BCUT2D eigenvalue weighted by molar-refractivity contribution is -0.142. The van der Waals surface area contributed by atoms with Gasteiger partial charge in [0.2, 0.25) is 21.8 Å². The fourth-order valence-corrected chi connectivity index (χ4v) is 8.08. The number of sulfonamides is 1. The molecule has 2 fully saturated rings. The predicted molar refractivity (Wildman–Crippen MR) is 201 cm³/mol. The Kier molecular flexibility index (Phi) is 13.0. The normalized spacial score (nSPS) is 18.8. The number of ether oxygens (including phenoxy) is 2. The molecule has 0 bridgehead atoms. The second-order valence-electron chi connectivity index (χ2n) is 14.8. The highest BCUT2D eigenvalue weighted by atomic mass is 35.5. The van der Waals surface area contributed by atoms with Crippen LogP contribution < -0.4 is 20.1 Å². The van der Waals surface area contributed by atoms with Gasteiger partial charge in [-0.3, -0.25) is 14.4 Å².